The molecule has 0 spiro atoms. The summed E-state index contributed by atoms with van der Waals surface area (Å²) in [5.41, 5.74) is 0. The van der Waals surface area contributed by atoms with E-state index in [1.165, 1.54) is 347 Å². The smallest absolute Gasteiger partial charge is 0.305 e. The Kier molecular flexibility index (Phi) is 148. The molecule has 0 heterocycles. The summed E-state index contributed by atoms with van der Waals surface area (Å²) in [4.78, 5) is 107. The van der Waals surface area contributed by atoms with Crippen molar-refractivity contribution < 1.29 is 76.3 Å². The number of rotatable bonds is 100. The number of unbranched alkanes of at least 4 members (excludes halogenated alkanes) is 60. The highest BCUT2D eigenvalue weighted by Crippen LogP contribution is 2.19. The Morgan fingerprint density at radius 2 is 0.182 bits per heavy atom. The van der Waals surface area contributed by atoms with Gasteiger partial charge in [0.2, 0.25) is 0 Å². The van der Waals surface area contributed by atoms with Gasteiger partial charge in [-0.05, 0) is 164 Å². The molecular formula is C124H256N8O16. The number of ether oxygens (including phenoxy) is 8. The van der Waals surface area contributed by atoms with Crippen molar-refractivity contribution in [1.29, 1.82) is 0 Å². The summed E-state index contributed by atoms with van der Waals surface area (Å²) in [6, 6.07) is 0. The van der Waals surface area contributed by atoms with Gasteiger partial charge in [-0.3, -0.25) is 38.4 Å². The van der Waals surface area contributed by atoms with Crippen molar-refractivity contribution in [2.45, 2.75) is 543 Å². The fourth-order valence-corrected chi connectivity index (χ4v) is 15.2. The molecule has 0 radical (unpaired) electrons. The first-order valence-corrected chi connectivity index (χ1v) is 61.7. The van der Waals surface area contributed by atoms with Crippen LogP contribution in [0.4, 0.5) is 0 Å². The van der Waals surface area contributed by atoms with Gasteiger partial charge in [0, 0.05) is 104 Å². The standard InChI is InChI=1S/C19H39NO2.C18H37NO2.C17H35NO2.C16H33NO2.C15H31NO2.C14H29NO2.C13H27NO2.C12H25NO2/c1-4-5-6-7-8-9-10-11-12-13-14-15-16-19(21)22-18-17-20(2)3;1-4-5-6-7-8-9-10-11-12-13-14-15-18(20)21-17-16-19(2)3;1-4-5-6-7-8-9-10-11-12-13-14-17(19)20-16-15-18(2)3;1-4-5-6-7-8-9-10-11-12-13-16(18)19-15-14-17(2)3;1-4-5-6-7-8-9-10-11-12-15(17)18-14-13-16(2)3;1-4-5-6-7-8-9-10-11-14(16)17-13-12-15(2)3;1-4-5-6-7-8-9-10-13(15)16-12-11-14(2)3;1-4-5-6-7-8-9-12(14)15-11-10-13(2)3/h4-18H2,1-3H3;4-17H2,1-3H3;4-16H2,1-3H3;4-15H2,1-3H3;4-14H2,1-3H3;4-13H2,1-3H3;4-12H2,1-3H3;4-11H2,1-3H3. The van der Waals surface area contributed by atoms with Crippen molar-refractivity contribution in [3.05, 3.63) is 0 Å². The van der Waals surface area contributed by atoms with E-state index in [0.29, 0.717) is 104 Å². The summed E-state index contributed by atoms with van der Waals surface area (Å²) in [6.45, 7) is 28.5. The third-order valence-corrected chi connectivity index (χ3v) is 25.3. The number of carbonyl (C=O) groups is 8. The minimum Gasteiger partial charge on any atom is -0.464 e. The normalized spacial score (nSPS) is 10.9. The number of esters is 8. The summed E-state index contributed by atoms with van der Waals surface area (Å²) in [5.74, 6) is -0.313. The molecule has 0 N–H and O–H groups in total. The van der Waals surface area contributed by atoms with Gasteiger partial charge < -0.3 is 77.1 Å². The van der Waals surface area contributed by atoms with Crippen LogP contribution in [0.2, 0.25) is 0 Å². The molecule has 0 aromatic heterocycles. The predicted molar refractivity (Wildman–Crippen MR) is 632 cm³/mol. The molecule has 0 aliphatic heterocycles. The molecule has 0 fully saturated rings. The number of hydrogen-bond donors (Lipinski definition) is 0. The Hall–Kier alpha value is -4.56. The molecule has 0 aliphatic carbocycles. The van der Waals surface area contributed by atoms with E-state index in [-0.39, 0.29) is 47.8 Å². The Bertz CT molecular complexity index is 2620. The zero-order valence-corrected chi connectivity index (χ0v) is 103. The second-order valence-corrected chi connectivity index (χ2v) is 43.4. The van der Waals surface area contributed by atoms with Crippen molar-refractivity contribution in [2.24, 2.45) is 0 Å². The highest BCUT2D eigenvalue weighted by Gasteiger charge is 2.12. The molecule has 0 aromatic rings. The van der Waals surface area contributed by atoms with Crippen LogP contribution < -0.4 is 0 Å². The summed E-state index contributed by atoms with van der Waals surface area (Å²) in [5, 5.41) is 0. The Morgan fingerprint density at radius 3 is 0.250 bits per heavy atom. The number of hydrogen-bond acceptors (Lipinski definition) is 24. The first kappa shape index (κ1) is 159. The lowest BCUT2D eigenvalue weighted by molar-refractivity contribution is -0.145. The van der Waals surface area contributed by atoms with Gasteiger partial charge >= 0.3 is 47.8 Å². The lowest BCUT2D eigenvalue weighted by Crippen LogP contribution is -2.20. The molecule has 888 valence electrons. The van der Waals surface area contributed by atoms with Crippen molar-refractivity contribution in [1.82, 2.24) is 39.2 Å². The third kappa shape index (κ3) is 172. The summed E-state index contributed by atoms with van der Waals surface area (Å²) in [6.07, 6.45) is 91.4. The van der Waals surface area contributed by atoms with Gasteiger partial charge in [0.15, 0.2) is 0 Å². The second kappa shape index (κ2) is 138. The molecule has 0 aromatic carbocycles. The van der Waals surface area contributed by atoms with E-state index in [1.807, 2.05) is 152 Å². The van der Waals surface area contributed by atoms with Crippen LogP contribution in [0.25, 0.3) is 0 Å². The second-order valence-electron chi connectivity index (χ2n) is 43.4. The zero-order chi connectivity index (χ0) is 112. The molecule has 148 heavy (non-hydrogen) atoms. The Labute approximate surface area is 919 Å². The topological polar surface area (TPSA) is 236 Å². The summed E-state index contributed by atoms with van der Waals surface area (Å²) in [7, 11) is 31.7. The number of likely N-dealkylation sites (N-methyl/N-ethyl adjacent to an activating group) is 8. The van der Waals surface area contributed by atoms with Crippen molar-refractivity contribution in [2.75, 3.05) is 218 Å². The molecular weight excluding hydrogens is 1860 g/mol. The molecule has 0 aliphatic rings. The lowest BCUT2D eigenvalue weighted by Gasteiger charge is -2.09. The first-order chi connectivity index (χ1) is 71.3. The molecule has 0 atom stereocenters. The van der Waals surface area contributed by atoms with Gasteiger partial charge in [0.1, 0.15) is 52.9 Å². The highest BCUT2D eigenvalue weighted by atomic mass is 16.6. The van der Waals surface area contributed by atoms with Crippen LogP contribution in [0, 0.1) is 0 Å². The molecule has 0 unspecified atom stereocenters. The molecule has 24 heteroatoms. The van der Waals surface area contributed by atoms with Crippen LogP contribution in [0.5, 0.6) is 0 Å². The van der Waals surface area contributed by atoms with Crippen LogP contribution in [0.15, 0.2) is 0 Å². The van der Waals surface area contributed by atoms with Crippen LogP contribution in [-0.4, -0.2) is 305 Å². The molecule has 0 bridgehead atoms. The molecule has 24 nitrogen and oxygen atoms in total. The minimum absolute atomic E-state index is 0.0334. The van der Waals surface area contributed by atoms with Gasteiger partial charge in [-0.1, -0.05) is 441 Å². The van der Waals surface area contributed by atoms with Gasteiger partial charge in [0.25, 0.3) is 0 Å². The average Bonchev–Trinajstić information content (AvgIpc) is 1.05. The molecule has 0 rings (SSSR count). The maximum Gasteiger partial charge on any atom is 0.305 e. The van der Waals surface area contributed by atoms with Crippen molar-refractivity contribution >= 4 is 47.8 Å². The average molecular weight is 2120 g/mol. The Balaban J connectivity index is -0.000000253. The van der Waals surface area contributed by atoms with E-state index in [2.05, 4.69) is 55.4 Å². The van der Waals surface area contributed by atoms with Gasteiger partial charge in [-0.25, -0.2) is 0 Å². The van der Waals surface area contributed by atoms with E-state index in [0.717, 1.165) is 142 Å². The Morgan fingerprint density at radius 1 is 0.115 bits per heavy atom. The van der Waals surface area contributed by atoms with E-state index in [4.69, 9.17) is 37.9 Å². The number of nitrogens with zero attached hydrogens (tertiary/aromatic N) is 8. The van der Waals surface area contributed by atoms with Crippen LogP contribution in [-0.2, 0) is 76.3 Å². The fraction of sp³-hybridized carbons (Fsp3) is 0.935. The largest absolute Gasteiger partial charge is 0.464 e. The SMILES string of the molecule is CCCCCCCC(=O)OCCN(C)C.CCCCCCCCC(=O)OCCN(C)C.CCCCCCCCCC(=O)OCCN(C)C.CCCCCCCCCCC(=O)OCCN(C)C.CCCCCCCCCCCC(=O)OCCN(C)C.CCCCCCCCCCCCC(=O)OCCN(C)C.CCCCCCCCCCCCCC(=O)OCCN(C)C.CCCCCCCCCCCCCCC(=O)OCCN(C)C. The van der Waals surface area contributed by atoms with Crippen LogP contribution >= 0.6 is 0 Å². The van der Waals surface area contributed by atoms with E-state index in [9.17, 15) is 38.4 Å². The summed E-state index contributed by atoms with van der Waals surface area (Å²) >= 11 is 0. The summed E-state index contributed by atoms with van der Waals surface area (Å²) < 4.78 is 41.1. The van der Waals surface area contributed by atoms with Crippen LogP contribution in [0.1, 0.15) is 543 Å². The fourth-order valence-electron chi connectivity index (χ4n) is 15.2. The molecule has 0 saturated carbocycles. The maximum atomic E-state index is 11.5. The zero-order valence-electron chi connectivity index (χ0n) is 103. The van der Waals surface area contributed by atoms with Gasteiger partial charge in [-0.2, -0.15) is 0 Å². The quantitative estimate of drug-likeness (QED) is 0.0312. The molecule has 0 saturated heterocycles. The third-order valence-electron chi connectivity index (χ3n) is 25.3. The predicted octanol–water partition coefficient (Wildman–Crippen LogP) is 30.5. The van der Waals surface area contributed by atoms with E-state index < -0.39 is 0 Å². The monoisotopic (exact) mass is 2110 g/mol. The maximum absolute atomic E-state index is 11.5. The van der Waals surface area contributed by atoms with Crippen molar-refractivity contribution in [3.8, 4) is 0 Å². The minimum atomic E-state index is -0.0478. The van der Waals surface area contributed by atoms with Crippen LogP contribution in [0.3, 0.4) is 0 Å². The van der Waals surface area contributed by atoms with Gasteiger partial charge in [-0.15, -0.1) is 0 Å². The van der Waals surface area contributed by atoms with E-state index >= 15 is 0 Å². The lowest BCUT2D eigenvalue weighted by atomic mass is 10.0. The van der Waals surface area contributed by atoms with E-state index in [1.54, 1.807) is 0 Å². The van der Waals surface area contributed by atoms with Gasteiger partial charge in [0.05, 0.1) is 0 Å². The first-order valence-electron chi connectivity index (χ1n) is 61.7. The number of carbonyl (C=O) groups excluding carboxylic acids is 8. The molecule has 0 amide bonds. The highest BCUT2D eigenvalue weighted by molar-refractivity contribution is 5.71. The van der Waals surface area contributed by atoms with Crippen molar-refractivity contribution in [3.63, 3.8) is 0 Å².